The molecular weight excluding hydrogens is 238 g/mol. The van der Waals surface area contributed by atoms with Gasteiger partial charge in [-0.05, 0) is 43.4 Å². The van der Waals surface area contributed by atoms with Gasteiger partial charge in [-0.25, -0.2) is 0 Å². The van der Waals surface area contributed by atoms with Crippen LogP contribution < -0.4 is 14.8 Å². The van der Waals surface area contributed by atoms with Crippen molar-refractivity contribution in [2.75, 3.05) is 14.2 Å². The van der Waals surface area contributed by atoms with Crippen molar-refractivity contribution in [3.8, 4) is 11.5 Å². The molecule has 2 rings (SSSR count). The topological polar surface area (TPSA) is 30.5 Å². The lowest BCUT2D eigenvalue weighted by Gasteiger charge is -2.20. The fourth-order valence-corrected chi connectivity index (χ4v) is 2.89. The van der Waals surface area contributed by atoms with Crippen molar-refractivity contribution in [1.29, 1.82) is 0 Å². The van der Waals surface area contributed by atoms with Crippen LogP contribution in [0.15, 0.2) is 18.2 Å². The van der Waals surface area contributed by atoms with Gasteiger partial charge in [0, 0.05) is 12.6 Å². The minimum absolute atomic E-state index is 0.593. The van der Waals surface area contributed by atoms with Crippen LogP contribution in [0, 0.1) is 5.92 Å². The molecule has 0 aromatic heterocycles. The molecule has 0 saturated heterocycles. The van der Waals surface area contributed by atoms with Gasteiger partial charge in [-0.1, -0.05) is 18.9 Å². The highest BCUT2D eigenvalue weighted by atomic mass is 16.5. The van der Waals surface area contributed by atoms with Gasteiger partial charge in [0.25, 0.3) is 0 Å². The maximum atomic E-state index is 5.33. The van der Waals surface area contributed by atoms with Crippen molar-refractivity contribution in [2.45, 2.75) is 45.2 Å². The quantitative estimate of drug-likeness (QED) is 0.853. The van der Waals surface area contributed by atoms with Crippen molar-refractivity contribution in [1.82, 2.24) is 5.32 Å². The number of hydrogen-bond acceptors (Lipinski definition) is 3. The zero-order valence-corrected chi connectivity index (χ0v) is 12.2. The summed E-state index contributed by atoms with van der Waals surface area (Å²) < 4.78 is 10.6. The minimum Gasteiger partial charge on any atom is -0.493 e. The molecule has 0 radical (unpaired) electrons. The van der Waals surface area contributed by atoms with Gasteiger partial charge < -0.3 is 14.8 Å². The number of ether oxygens (including phenoxy) is 2. The van der Waals surface area contributed by atoms with E-state index in [-0.39, 0.29) is 0 Å². The summed E-state index contributed by atoms with van der Waals surface area (Å²) in [5.74, 6) is 2.44. The van der Waals surface area contributed by atoms with Crippen LogP contribution in [-0.2, 0) is 6.54 Å². The molecular formula is C16H25NO2. The number of methoxy groups -OCH3 is 2. The van der Waals surface area contributed by atoms with Crippen molar-refractivity contribution in [3.63, 3.8) is 0 Å². The molecule has 1 aliphatic rings. The van der Waals surface area contributed by atoms with Gasteiger partial charge in [0.05, 0.1) is 14.2 Å². The Bertz CT molecular complexity index is 400. The first-order valence-electron chi connectivity index (χ1n) is 7.19. The van der Waals surface area contributed by atoms with E-state index in [4.69, 9.17) is 9.47 Å². The van der Waals surface area contributed by atoms with E-state index in [0.717, 1.165) is 24.0 Å². The van der Waals surface area contributed by atoms with E-state index in [9.17, 15) is 0 Å². The van der Waals surface area contributed by atoms with Crippen LogP contribution in [0.2, 0.25) is 0 Å². The first kappa shape index (κ1) is 14.2. The molecule has 0 unspecified atom stereocenters. The fraction of sp³-hybridized carbons (Fsp3) is 0.625. The highest BCUT2D eigenvalue weighted by Gasteiger charge is 2.20. The molecule has 1 aliphatic carbocycles. The Morgan fingerprint density at radius 3 is 2.47 bits per heavy atom. The number of benzene rings is 1. The minimum atomic E-state index is 0.593. The Morgan fingerprint density at radius 2 is 1.84 bits per heavy atom. The molecule has 1 fully saturated rings. The maximum absolute atomic E-state index is 5.33. The molecule has 1 aromatic rings. The van der Waals surface area contributed by atoms with Gasteiger partial charge in [0.1, 0.15) is 0 Å². The van der Waals surface area contributed by atoms with Crippen LogP contribution in [0.1, 0.15) is 38.2 Å². The smallest absolute Gasteiger partial charge is 0.161 e. The second-order valence-electron chi connectivity index (χ2n) is 5.40. The largest absolute Gasteiger partial charge is 0.493 e. The molecule has 1 saturated carbocycles. The van der Waals surface area contributed by atoms with E-state index >= 15 is 0 Å². The number of nitrogens with one attached hydrogen (secondary N) is 1. The van der Waals surface area contributed by atoms with Gasteiger partial charge in [-0.2, -0.15) is 0 Å². The zero-order valence-electron chi connectivity index (χ0n) is 12.2. The summed E-state index contributed by atoms with van der Waals surface area (Å²) in [6, 6.07) is 6.70. The summed E-state index contributed by atoms with van der Waals surface area (Å²) in [4.78, 5) is 0. The molecule has 19 heavy (non-hydrogen) atoms. The molecule has 1 aromatic carbocycles. The summed E-state index contributed by atoms with van der Waals surface area (Å²) >= 11 is 0. The van der Waals surface area contributed by atoms with E-state index in [2.05, 4.69) is 18.3 Å². The molecule has 0 amide bonds. The Labute approximate surface area is 116 Å². The van der Waals surface area contributed by atoms with E-state index in [0.29, 0.717) is 6.04 Å². The standard InChI is InChI=1S/C16H25NO2/c1-12(14-6-4-5-7-14)17-11-13-8-9-15(18-2)16(10-13)19-3/h8-10,12,14,17H,4-7,11H2,1-3H3/t12-/m1/s1. The highest BCUT2D eigenvalue weighted by molar-refractivity contribution is 5.42. The predicted octanol–water partition coefficient (Wildman–Crippen LogP) is 3.37. The molecule has 0 aliphatic heterocycles. The highest BCUT2D eigenvalue weighted by Crippen LogP contribution is 2.29. The first-order chi connectivity index (χ1) is 9.24. The van der Waals surface area contributed by atoms with Crippen LogP contribution in [0.5, 0.6) is 11.5 Å². The SMILES string of the molecule is COc1ccc(CN[C@H](C)C2CCCC2)cc1OC. The summed E-state index contributed by atoms with van der Waals surface area (Å²) in [5, 5.41) is 3.63. The van der Waals surface area contributed by atoms with E-state index in [1.54, 1.807) is 14.2 Å². The van der Waals surface area contributed by atoms with Gasteiger partial charge in [-0.15, -0.1) is 0 Å². The second kappa shape index (κ2) is 6.80. The number of rotatable bonds is 6. The van der Waals surface area contributed by atoms with E-state index in [1.165, 1.54) is 31.2 Å². The van der Waals surface area contributed by atoms with E-state index < -0.39 is 0 Å². The lowest BCUT2D eigenvalue weighted by atomic mass is 9.99. The summed E-state index contributed by atoms with van der Waals surface area (Å²) in [6.07, 6.45) is 5.54. The summed E-state index contributed by atoms with van der Waals surface area (Å²) in [6.45, 7) is 3.19. The maximum Gasteiger partial charge on any atom is 0.161 e. The lowest BCUT2D eigenvalue weighted by Crippen LogP contribution is -2.31. The third-order valence-electron chi connectivity index (χ3n) is 4.18. The molecule has 106 valence electrons. The van der Waals surface area contributed by atoms with Crippen LogP contribution in [0.3, 0.4) is 0 Å². The van der Waals surface area contributed by atoms with Crippen molar-refractivity contribution in [3.05, 3.63) is 23.8 Å². The van der Waals surface area contributed by atoms with Gasteiger partial charge in [0.2, 0.25) is 0 Å². The predicted molar refractivity (Wildman–Crippen MR) is 77.8 cm³/mol. The lowest BCUT2D eigenvalue weighted by molar-refractivity contribution is 0.353. The summed E-state index contributed by atoms with van der Waals surface area (Å²) in [7, 11) is 3.34. The third-order valence-corrected chi connectivity index (χ3v) is 4.18. The normalized spacial score (nSPS) is 17.4. The van der Waals surface area contributed by atoms with Gasteiger partial charge in [-0.3, -0.25) is 0 Å². The third kappa shape index (κ3) is 3.63. The second-order valence-corrected chi connectivity index (χ2v) is 5.40. The Kier molecular flexibility index (Phi) is 5.08. The monoisotopic (exact) mass is 263 g/mol. The molecule has 0 heterocycles. The van der Waals surface area contributed by atoms with Gasteiger partial charge in [0.15, 0.2) is 11.5 Å². The van der Waals surface area contributed by atoms with Crippen molar-refractivity contribution >= 4 is 0 Å². The average Bonchev–Trinajstić information content (AvgIpc) is 2.98. The van der Waals surface area contributed by atoms with Crippen molar-refractivity contribution < 1.29 is 9.47 Å². The molecule has 0 spiro atoms. The summed E-state index contributed by atoms with van der Waals surface area (Å²) in [5.41, 5.74) is 1.24. The molecule has 1 N–H and O–H groups in total. The fourth-order valence-electron chi connectivity index (χ4n) is 2.89. The molecule has 0 bridgehead atoms. The Balaban J connectivity index is 1.91. The van der Waals surface area contributed by atoms with Crippen molar-refractivity contribution in [2.24, 2.45) is 5.92 Å². The zero-order chi connectivity index (χ0) is 13.7. The van der Waals surface area contributed by atoms with Crippen LogP contribution in [0.4, 0.5) is 0 Å². The Hall–Kier alpha value is -1.22. The van der Waals surface area contributed by atoms with E-state index in [1.807, 2.05) is 12.1 Å². The number of hydrogen-bond donors (Lipinski definition) is 1. The van der Waals surface area contributed by atoms with Crippen LogP contribution >= 0.6 is 0 Å². The Morgan fingerprint density at radius 1 is 1.16 bits per heavy atom. The molecule has 3 heteroatoms. The van der Waals surface area contributed by atoms with Crippen LogP contribution in [0.25, 0.3) is 0 Å². The molecule has 3 nitrogen and oxygen atoms in total. The molecule has 1 atom stereocenters. The first-order valence-corrected chi connectivity index (χ1v) is 7.19. The van der Waals surface area contributed by atoms with Gasteiger partial charge >= 0.3 is 0 Å². The average molecular weight is 263 g/mol. The van der Waals surface area contributed by atoms with Crippen LogP contribution in [-0.4, -0.2) is 20.3 Å².